The maximum absolute atomic E-state index is 11.7. The summed E-state index contributed by atoms with van der Waals surface area (Å²) < 4.78 is 0. The number of aromatic nitrogens is 1. The third kappa shape index (κ3) is 2.09. The Morgan fingerprint density at radius 3 is 2.50 bits per heavy atom. The van der Waals surface area contributed by atoms with Crippen molar-refractivity contribution in [2.45, 2.75) is 26.2 Å². The number of pyridine rings is 1. The SMILES string of the molecule is CC(C)(C)c1ccc(-c2c[nH]ccc2=O)s1. The van der Waals surface area contributed by atoms with Gasteiger partial charge in [-0.25, -0.2) is 0 Å². The first kappa shape index (κ1) is 11.1. The molecule has 1 N–H and O–H groups in total. The van der Waals surface area contributed by atoms with Crippen molar-refractivity contribution in [3.05, 3.63) is 45.7 Å². The van der Waals surface area contributed by atoms with Crippen molar-refractivity contribution in [1.29, 1.82) is 0 Å². The zero-order chi connectivity index (χ0) is 11.8. The summed E-state index contributed by atoms with van der Waals surface area (Å²) in [5, 5.41) is 0. The quantitative estimate of drug-likeness (QED) is 0.804. The highest BCUT2D eigenvalue weighted by Crippen LogP contribution is 2.33. The number of H-pyrrole nitrogens is 1. The average Bonchev–Trinajstić information content (AvgIpc) is 2.66. The zero-order valence-corrected chi connectivity index (χ0v) is 10.5. The van der Waals surface area contributed by atoms with Gasteiger partial charge in [0.1, 0.15) is 0 Å². The highest BCUT2D eigenvalue weighted by atomic mass is 32.1. The lowest BCUT2D eigenvalue weighted by atomic mass is 9.95. The van der Waals surface area contributed by atoms with Crippen LogP contribution in [0, 0.1) is 0 Å². The van der Waals surface area contributed by atoms with Crippen LogP contribution in [0.25, 0.3) is 10.4 Å². The van der Waals surface area contributed by atoms with Gasteiger partial charge in [0, 0.05) is 28.2 Å². The van der Waals surface area contributed by atoms with Crippen LogP contribution >= 0.6 is 11.3 Å². The van der Waals surface area contributed by atoms with Gasteiger partial charge in [0.15, 0.2) is 5.43 Å². The summed E-state index contributed by atoms with van der Waals surface area (Å²) in [5.74, 6) is 0. The van der Waals surface area contributed by atoms with E-state index in [0.29, 0.717) is 0 Å². The van der Waals surface area contributed by atoms with E-state index in [-0.39, 0.29) is 10.8 Å². The van der Waals surface area contributed by atoms with Crippen LogP contribution in [0.15, 0.2) is 35.4 Å². The molecule has 0 aromatic carbocycles. The van der Waals surface area contributed by atoms with Gasteiger partial charge in [0.25, 0.3) is 0 Å². The summed E-state index contributed by atoms with van der Waals surface area (Å²) in [6.07, 6.45) is 3.42. The Bertz CT molecular complexity index is 545. The summed E-state index contributed by atoms with van der Waals surface area (Å²) >= 11 is 1.69. The van der Waals surface area contributed by atoms with Crippen LogP contribution in [0.1, 0.15) is 25.6 Å². The van der Waals surface area contributed by atoms with E-state index >= 15 is 0 Å². The minimum atomic E-state index is 0.0704. The van der Waals surface area contributed by atoms with Gasteiger partial charge in [-0.05, 0) is 17.5 Å². The van der Waals surface area contributed by atoms with Gasteiger partial charge in [-0.15, -0.1) is 11.3 Å². The second-order valence-electron chi connectivity index (χ2n) is 4.84. The highest BCUT2D eigenvalue weighted by molar-refractivity contribution is 7.15. The van der Waals surface area contributed by atoms with Crippen LogP contribution < -0.4 is 5.43 Å². The molecule has 2 rings (SSSR count). The fourth-order valence-corrected chi connectivity index (χ4v) is 2.58. The van der Waals surface area contributed by atoms with E-state index in [1.807, 2.05) is 6.07 Å². The first-order valence-electron chi connectivity index (χ1n) is 5.26. The molecule has 2 aromatic rings. The van der Waals surface area contributed by atoms with Crippen LogP contribution in [0.2, 0.25) is 0 Å². The van der Waals surface area contributed by atoms with E-state index in [9.17, 15) is 4.79 Å². The van der Waals surface area contributed by atoms with E-state index in [0.717, 1.165) is 10.4 Å². The number of aromatic amines is 1. The monoisotopic (exact) mass is 233 g/mol. The van der Waals surface area contributed by atoms with Crippen LogP contribution in [0.5, 0.6) is 0 Å². The van der Waals surface area contributed by atoms with Crippen LogP contribution in [-0.4, -0.2) is 4.98 Å². The standard InChI is InChI=1S/C13H15NOS/c1-13(2,3)12-5-4-11(16-12)9-8-14-7-6-10(9)15/h4-8H,1-3H3,(H,14,15). The summed E-state index contributed by atoms with van der Waals surface area (Å²) in [6, 6.07) is 5.69. The Balaban J connectivity index is 2.48. The average molecular weight is 233 g/mol. The van der Waals surface area contributed by atoms with E-state index in [4.69, 9.17) is 0 Å². The lowest BCUT2D eigenvalue weighted by molar-refractivity contribution is 0.604. The number of thiophene rings is 1. The highest BCUT2D eigenvalue weighted by Gasteiger charge is 2.17. The normalized spacial score (nSPS) is 11.7. The summed E-state index contributed by atoms with van der Waals surface area (Å²) in [4.78, 5) is 17.0. The van der Waals surface area contributed by atoms with Gasteiger partial charge in [-0.3, -0.25) is 4.79 Å². The molecule has 2 heterocycles. The maximum Gasteiger partial charge on any atom is 0.190 e. The Morgan fingerprint density at radius 1 is 1.19 bits per heavy atom. The molecule has 3 heteroatoms. The third-order valence-electron chi connectivity index (χ3n) is 2.43. The molecule has 2 aromatic heterocycles. The van der Waals surface area contributed by atoms with Crippen molar-refractivity contribution in [2.75, 3.05) is 0 Å². The molecule has 16 heavy (non-hydrogen) atoms. The molecule has 84 valence electrons. The molecule has 0 aliphatic rings. The second-order valence-corrected chi connectivity index (χ2v) is 5.92. The van der Waals surface area contributed by atoms with E-state index in [1.54, 1.807) is 29.8 Å². The molecule has 0 spiro atoms. The second kappa shape index (κ2) is 3.91. The van der Waals surface area contributed by atoms with Crippen LogP contribution in [0.4, 0.5) is 0 Å². The van der Waals surface area contributed by atoms with Crippen molar-refractivity contribution in [3.63, 3.8) is 0 Å². The van der Waals surface area contributed by atoms with Crippen LogP contribution in [-0.2, 0) is 5.41 Å². The lowest BCUT2D eigenvalue weighted by Crippen LogP contribution is -2.07. The van der Waals surface area contributed by atoms with Gasteiger partial charge >= 0.3 is 0 Å². The Kier molecular flexibility index (Phi) is 2.72. The number of hydrogen-bond acceptors (Lipinski definition) is 2. The third-order valence-corrected chi connectivity index (χ3v) is 3.98. The number of hydrogen-bond donors (Lipinski definition) is 1. The summed E-state index contributed by atoms with van der Waals surface area (Å²) in [7, 11) is 0. The molecule has 0 unspecified atom stereocenters. The molecule has 0 amide bonds. The predicted molar refractivity (Wildman–Crippen MR) is 69.1 cm³/mol. The molecule has 0 saturated carbocycles. The van der Waals surface area contributed by atoms with Crippen molar-refractivity contribution in [3.8, 4) is 10.4 Å². The predicted octanol–water partition coefficient (Wildman–Crippen LogP) is 3.40. The minimum Gasteiger partial charge on any atom is -0.367 e. The molecular formula is C13H15NOS. The first-order valence-corrected chi connectivity index (χ1v) is 6.08. The van der Waals surface area contributed by atoms with Gasteiger partial charge in [0.05, 0.1) is 5.56 Å². The molecule has 0 fully saturated rings. The minimum absolute atomic E-state index is 0.0704. The topological polar surface area (TPSA) is 32.9 Å². The van der Waals surface area contributed by atoms with Crippen molar-refractivity contribution >= 4 is 11.3 Å². The molecular weight excluding hydrogens is 218 g/mol. The largest absolute Gasteiger partial charge is 0.367 e. The number of nitrogens with one attached hydrogen (secondary N) is 1. The van der Waals surface area contributed by atoms with Crippen molar-refractivity contribution < 1.29 is 0 Å². The Hall–Kier alpha value is -1.35. The molecule has 0 aliphatic carbocycles. The van der Waals surface area contributed by atoms with Gasteiger partial charge in [-0.2, -0.15) is 0 Å². The zero-order valence-electron chi connectivity index (χ0n) is 9.70. The van der Waals surface area contributed by atoms with Crippen molar-refractivity contribution in [2.24, 2.45) is 0 Å². The van der Waals surface area contributed by atoms with E-state index < -0.39 is 0 Å². The first-order chi connectivity index (χ1) is 7.48. The summed E-state index contributed by atoms with van der Waals surface area (Å²) in [6.45, 7) is 6.54. The molecule has 0 atom stereocenters. The Morgan fingerprint density at radius 2 is 1.94 bits per heavy atom. The van der Waals surface area contributed by atoms with Gasteiger partial charge in [-0.1, -0.05) is 20.8 Å². The fourth-order valence-electron chi connectivity index (χ4n) is 1.49. The smallest absolute Gasteiger partial charge is 0.190 e. The van der Waals surface area contributed by atoms with Gasteiger partial charge < -0.3 is 4.98 Å². The molecule has 0 aliphatic heterocycles. The Labute approximate surface area is 99.0 Å². The van der Waals surface area contributed by atoms with E-state index in [2.05, 4.69) is 31.8 Å². The van der Waals surface area contributed by atoms with E-state index in [1.165, 1.54) is 4.88 Å². The maximum atomic E-state index is 11.7. The van der Waals surface area contributed by atoms with Crippen LogP contribution in [0.3, 0.4) is 0 Å². The summed E-state index contributed by atoms with van der Waals surface area (Å²) in [5.41, 5.74) is 0.967. The molecule has 2 nitrogen and oxygen atoms in total. The lowest BCUT2D eigenvalue weighted by Gasteiger charge is -2.15. The van der Waals surface area contributed by atoms with Crippen molar-refractivity contribution in [1.82, 2.24) is 4.98 Å². The number of rotatable bonds is 1. The van der Waals surface area contributed by atoms with Gasteiger partial charge in [0.2, 0.25) is 0 Å². The fraction of sp³-hybridized carbons (Fsp3) is 0.308. The molecule has 0 radical (unpaired) electrons. The molecule has 0 bridgehead atoms. The molecule has 0 saturated heterocycles.